The molecule has 5 atom stereocenters. The third-order valence-corrected chi connectivity index (χ3v) is 13.3. The lowest BCUT2D eigenvalue weighted by Gasteiger charge is -2.28. The highest BCUT2D eigenvalue weighted by Crippen LogP contribution is 2.65. The average molecular weight is 743 g/mol. The first-order valence-electron chi connectivity index (χ1n) is 18.3. The zero-order valence-corrected chi connectivity index (χ0v) is 31.3. The fraction of sp³-hybridized carbons (Fsp3) is 0.130. The monoisotopic (exact) mass is 742 g/mol. The van der Waals surface area contributed by atoms with Gasteiger partial charge in [-0.15, -0.1) is 0 Å². The van der Waals surface area contributed by atoms with Crippen molar-refractivity contribution in [3.63, 3.8) is 0 Å². The quantitative estimate of drug-likeness (QED) is 0.146. The van der Waals surface area contributed by atoms with Crippen LogP contribution < -0.4 is 27.1 Å². The number of hydrogen-bond acceptors (Lipinski definition) is 4. The van der Waals surface area contributed by atoms with Crippen LogP contribution in [-0.2, 0) is 0 Å². The fourth-order valence-electron chi connectivity index (χ4n) is 7.63. The highest BCUT2D eigenvalue weighted by atomic mass is 31.1. The van der Waals surface area contributed by atoms with Gasteiger partial charge in [-0.2, -0.15) is 0 Å². The van der Waals surface area contributed by atoms with Crippen molar-refractivity contribution < 1.29 is 9.59 Å². The summed E-state index contributed by atoms with van der Waals surface area (Å²) >= 11 is 0. The zero-order valence-electron chi connectivity index (χ0n) is 30.4. The maximum absolute atomic E-state index is 14.9. The molecule has 272 valence electrons. The van der Waals surface area contributed by atoms with Crippen LogP contribution in [0.1, 0.15) is 80.5 Å². The zero-order chi connectivity index (χ0) is 38.1. The molecule has 0 spiro atoms. The molecule has 1 aromatic heterocycles. The number of carbonyl (C=O) groups is 2. The van der Waals surface area contributed by atoms with E-state index in [0.717, 1.165) is 16.4 Å². The number of nitrogens with zero attached hydrogens (tertiary/aromatic N) is 2. The highest BCUT2D eigenvalue weighted by Gasteiger charge is 2.47. The van der Waals surface area contributed by atoms with Crippen LogP contribution in [0.2, 0.25) is 0 Å². The second-order valence-corrected chi connectivity index (χ2v) is 16.0. The summed E-state index contributed by atoms with van der Waals surface area (Å²) in [7, 11) is -1.59. The van der Waals surface area contributed by atoms with Crippen LogP contribution in [0, 0.1) is 0 Å². The molecule has 8 nitrogen and oxygen atoms in total. The van der Waals surface area contributed by atoms with Crippen LogP contribution in [-0.4, -0.2) is 21.2 Å². The molecule has 8 rings (SSSR count). The molecule has 9 heteroatoms. The van der Waals surface area contributed by atoms with E-state index < -0.39 is 19.5 Å². The van der Waals surface area contributed by atoms with Crippen molar-refractivity contribution in [3.8, 4) is 0 Å². The van der Waals surface area contributed by atoms with Crippen LogP contribution in [0.15, 0.2) is 173 Å². The van der Waals surface area contributed by atoms with Gasteiger partial charge in [0.2, 0.25) is 0 Å². The van der Waals surface area contributed by atoms with E-state index in [1.165, 1.54) is 0 Å². The number of hydrogen-bond donors (Lipinski definition) is 2. The predicted octanol–water partition coefficient (Wildman–Crippen LogP) is 8.06. The van der Waals surface area contributed by atoms with Crippen molar-refractivity contribution in [2.24, 2.45) is 0 Å². The Morgan fingerprint density at radius 2 is 0.836 bits per heavy atom. The van der Waals surface area contributed by atoms with E-state index >= 15 is 0 Å². The molecule has 6 aromatic carbocycles. The Morgan fingerprint density at radius 1 is 0.491 bits per heavy atom. The van der Waals surface area contributed by atoms with Crippen molar-refractivity contribution in [2.75, 3.05) is 0 Å². The molecule has 2 N–H and O–H groups in total. The molecular formula is C46H39N4O4P. The van der Waals surface area contributed by atoms with Crippen molar-refractivity contribution in [1.29, 1.82) is 0 Å². The van der Waals surface area contributed by atoms with E-state index in [4.69, 9.17) is 0 Å². The van der Waals surface area contributed by atoms with Gasteiger partial charge >= 0.3 is 0 Å². The molecule has 2 heterocycles. The second-order valence-electron chi connectivity index (χ2n) is 13.7. The molecule has 0 radical (unpaired) electrons. The number of aromatic nitrogens is 2. The van der Waals surface area contributed by atoms with Gasteiger partial charge in [-0.05, 0) is 73.6 Å². The first kappa shape index (κ1) is 35.6. The molecule has 1 aliphatic heterocycles. The molecule has 2 amide bonds. The van der Waals surface area contributed by atoms with Crippen molar-refractivity contribution in [1.82, 2.24) is 20.0 Å². The maximum atomic E-state index is 14.9. The van der Waals surface area contributed by atoms with Crippen LogP contribution in [0.3, 0.4) is 0 Å². The minimum atomic E-state index is -1.59. The van der Waals surface area contributed by atoms with Gasteiger partial charge in [0.15, 0.2) is 0 Å². The minimum absolute atomic E-state index is 0.291. The second kappa shape index (κ2) is 15.2. The number of carbonyl (C=O) groups excluding carboxylic acids is 2. The Hall–Kier alpha value is -6.37. The highest BCUT2D eigenvalue weighted by molar-refractivity contribution is 7.66. The summed E-state index contributed by atoms with van der Waals surface area (Å²) in [5.74, 6) is -2.09. The summed E-state index contributed by atoms with van der Waals surface area (Å²) in [6, 6.07) is 50.2. The Labute approximate surface area is 319 Å². The summed E-state index contributed by atoms with van der Waals surface area (Å²) in [6.45, 7) is 3.87. The molecular weight excluding hydrogens is 704 g/mol. The average Bonchev–Trinajstić information content (AvgIpc) is 3.60. The molecule has 1 aliphatic rings. The molecule has 7 aromatic rings. The Bertz CT molecular complexity index is 2480. The Balaban J connectivity index is 1.35. The van der Waals surface area contributed by atoms with Gasteiger partial charge in [0.25, 0.3) is 22.9 Å². The van der Waals surface area contributed by atoms with Gasteiger partial charge in [0, 0.05) is 11.1 Å². The van der Waals surface area contributed by atoms with Gasteiger partial charge in [0.1, 0.15) is 11.6 Å². The number of rotatable bonds is 9. The first-order chi connectivity index (χ1) is 26.8. The van der Waals surface area contributed by atoms with Crippen LogP contribution in [0.25, 0.3) is 10.8 Å². The third-order valence-electron chi connectivity index (χ3n) is 10.3. The van der Waals surface area contributed by atoms with E-state index in [1.54, 1.807) is 45.8 Å². The fourth-order valence-corrected chi connectivity index (χ4v) is 10.9. The number of nitrogens with one attached hydrogen (secondary N) is 2. The van der Waals surface area contributed by atoms with E-state index in [9.17, 15) is 19.2 Å². The van der Waals surface area contributed by atoms with E-state index in [1.807, 2.05) is 141 Å². The molecule has 2 unspecified atom stereocenters. The predicted molar refractivity (Wildman–Crippen MR) is 219 cm³/mol. The minimum Gasteiger partial charge on any atom is -0.346 e. The van der Waals surface area contributed by atoms with Gasteiger partial charge in [-0.3, -0.25) is 19.2 Å². The lowest BCUT2D eigenvalue weighted by molar-refractivity contribution is 0.0930. The topological polar surface area (TPSA) is 102 Å². The molecule has 0 fully saturated rings. The van der Waals surface area contributed by atoms with Crippen molar-refractivity contribution in [3.05, 3.63) is 218 Å². The summed E-state index contributed by atoms with van der Waals surface area (Å²) in [5, 5.41) is 7.83. The SMILES string of the molecule is CC(NC(=O)c1ccccc1[C@@H]1n2c(=O)c3ccccc3c(=O)n2[C@@H](c2ccccc2C(=O)N[C@@H](C)c2ccccc2)P1c1ccccc1)c1ccccc1. The summed E-state index contributed by atoms with van der Waals surface area (Å²) in [5.41, 5.74) is 3.25. The summed E-state index contributed by atoms with van der Waals surface area (Å²) < 4.78 is 3.12. The molecule has 0 bridgehead atoms. The first-order valence-corrected chi connectivity index (χ1v) is 19.8. The lowest BCUT2D eigenvalue weighted by Crippen LogP contribution is -2.38. The van der Waals surface area contributed by atoms with Crippen molar-refractivity contribution in [2.45, 2.75) is 37.5 Å². The number of benzene rings is 6. The van der Waals surface area contributed by atoms with Gasteiger partial charge in [-0.25, -0.2) is 9.36 Å². The molecule has 55 heavy (non-hydrogen) atoms. The maximum Gasteiger partial charge on any atom is 0.274 e. The van der Waals surface area contributed by atoms with E-state index in [0.29, 0.717) is 33.0 Å². The largest absolute Gasteiger partial charge is 0.346 e. The van der Waals surface area contributed by atoms with Crippen LogP contribution in [0.4, 0.5) is 0 Å². The van der Waals surface area contributed by atoms with Gasteiger partial charge in [0.05, 0.1) is 22.9 Å². The van der Waals surface area contributed by atoms with E-state index in [-0.39, 0.29) is 35.0 Å². The molecule has 0 saturated carbocycles. The standard InChI is InChI=1S/C46H39N4O4P/c1-30(32-18-6-3-7-19-32)47-41(51)35-24-12-16-28-39(35)45-49-43(53)37-26-14-15-27-38(37)44(54)50(49)46(55(45)34-22-10-5-11-23-34)40-29-17-13-25-36(40)42(52)48-31(2)33-20-8-4-9-21-33/h3-31,45-46H,1-2H3,(H,47,51)(H,48,52)/t30-,31?,45+,46+,55?/m0/s1. The van der Waals surface area contributed by atoms with Crippen LogP contribution >= 0.6 is 7.92 Å². The normalized spacial score (nSPS) is 17.2. The van der Waals surface area contributed by atoms with E-state index in [2.05, 4.69) is 10.6 Å². The summed E-state index contributed by atoms with van der Waals surface area (Å²) in [4.78, 5) is 58.5. The number of amides is 2. The van der Waals surface area contributed by atoms with Gasteiger partial charge < -0.3 is 10.6 Å². The van der Waals surface area contributed by atoms with Crippen molar-refractivity contribution >= 4 is 35.8 Å². The molecule has 0 saturated heterocycles. The Kier molecular flexibility index (Phi) is 9.83. The van der Waals surface area contributed by atoms with Gasteiger partial charge in [-0.1, -0.05) is 140 Å². The smallest absolute Gasteiger partial charge is 0.274 e. The number of fused-ring (bicyclic) bond motifs is 2. The van der Waals surface area contributed by atoms with Crippen LogP contribution in [0.5, 0.6) is 0 Å². The Morgan fingerprint density at radius 3 is 1.25 bits per heavy atom. The lowest BCUT2D eigenvalue weighted by atomic mass is 10.0. The molecule has 0 aliphatic carbocycles. The third kappa shape index (κ3) is 6.59. The summed E-state index contributed by atoms with van der Waals surface area (Å²) in [6.07, 6.45) is 0.